The highest BCUT2D eigenvalue weighted by atomic mass is 16.5. The van der Waals surface area contributed by atoms with E-state index in [1.807, 2.05) is 25.3 Å². The molecule has 4 heteroatoms. The summed E-state index contributed by atoms with van der Waals surface area (Å²) < 4.78 is 5.13. The Balaban J connectivity index is 2.15. The summed E-state index contributed by atoms with van der Waals surface area (Å²) in [6.45, 7) is 3.91. The molecular formula is C13H18N2O2. The van der Waals surface area contributed by atoms with Gasteiger partial charge in [0, 0.05) is 24.9 Å². The summed E-state index contributed by atoms with van der Waals surface area (Å²) in [6.07, 6.45) is 4.56. The minimum Gasteiger partial charge on any atom is -0.466 e. The molecule has 0 aliphatic carbocycles. The minimum atomic E-state index is -0.103. The van der Waals surface area contributed by atoms with Crippen molar-refractivity contribution in [3.8, 4) is 0 Å². The first-order valence-electron chi connectivity index (χ1n) is 6.10. The molecule has 4 nitrogen and oxygen atoms in total. The Morgan fingerprint density at radius 3 is 3.24 bits per heavy atom. The van der Waals surface area contributed by atoms with Crippen molar-refractivity contribution < 1.29 is 9.53 Å². The van der Waals surface area contributed by atoms with Gasteiger partial charge in [-0.25, -0.2) is 0 Å². The second-order valence-corrected chi connectivity index (χ2v) is 4.24. The summed E-state index contributed by atoms with van der Waals surface area (Å²) in [5.41, 5.74) is 1.13. The fraction of sp³-hybridized carbons (Fsp3) is 0.538. The van der Waals surface area contributed by atoms with Crippen LogP contribution in [0.25, 0.3) is 0 Å². The first-order valence-corrected chi connectivity index (χ1v) is 6.10. The van der Waals surface area contributed by atoms with Crippen LogP contribution in [0.5, 0.6) is 0 Å². The second kappa shape index (κ2) is 5.77. The van der Waals surface area contributed by atoms with Gasteiger partial charge in [0.15, 0.2) is 0 Å². The molecule has 1 aliphatic rings. The Kier molecular flexibility index (Phi) is 4.09. The molecule has 0 radical (unpaired) electrons. The predicted octanol–water partition coefficient (Wildman–Crippen LogP) is 1.34. The van der Waals surface area contributed by atoms with E-state index < -0.39 is 0 Å². The summed E-state index contributed by atoms with van der Waals surface area (Å²) in [6, 6.07) is 3.95. The number of aromatic nitrogens is 1. The van der Waals surface area contributed by atoms with Crippen molar-refractivity contribution >= 4 is 5.97 Å². The summed E-state index contributed by atoms with van der Waals surface area (Å²) in [4.78, 5) is 16.0. The van der Waals surface area contributed by atoms with Gasteiger partial charge in [0.25, 0.3) is 0 Å². The van der Waals surface area contributed by atoms with E-state index in [4.69, 9.17) is 4.74 Å². The molecule has 1 saturated heterocycles. The van der Waals surface area contributed by atoms with E-state index in [9.17, 15) is 4.79 Å². The van der Waals surface area contributed by atoms with Gasteiger partial charge in [-0.05, 0) is 31.5 Å². The molecule has 2 rings (SSSR count). The van der Waals surface area contributed by atoms with Crippen LogP contribution in [0.4, 0.5) is 0 Å². The number of nitrogens with one attached hydrogen (secondary N) is 1. The normalized spacial score (nSPS) is 24.3. The van der Waals surface area contributed by atoms with Gasteiger partial charge < -0.3 is 10.1 Å². The van der Waals surface area contributed by atoms with Gasteiger partial charge in [-0.3, -0.25) is 9.78 Å². The first-order chi connectivity index (χ1) is 8.33. The van der Waals surface area contributed by atoms with Crippen molar-refractivity contribution in [3.05, 3.63) is 30.1 Å². The Morgan fingerprint density at radius 2 is 2.53 bits per heavy atom. The highest BCUT2D eigenvalue weighted by Gasteiger charge is 2.32. The van der Waals surface area contributed by atoms with Crippen LogP contribution in [0.3, 0.4) is 0 Å². The van der Waals surface area contributed by atoms with E-state index in [1.165, 1.54) is 0 Å². The molecule has 17 heavy (non-hydrogen) atoms. The quantitative estimate of drug-likeness (QED) is 0.802. The van der Waals surface area contributed by atoms with Crippen LogP contribution in [0, 0.1) is 5.92 Å². The van der Waals surface area contributed by atoms with Crippen molar-refractivity contribution in [3.63, 3.8) is 0 Å². The monoisotopic (exact) mass is 234 g/mol. The van der Waals surface area contributed by atoms with Crippen LogP contribution in [-0.2, 0) is 9.53 Å². The number of carbonyl (C=O) groups is 1. The van der Waals surface area contributed by atoms with E-state index >= 15 is 0 Å². The second-order valence-electron chi connectivity index (χ2n) is 4.24. The number of ether oxygens (including phenoxy) is 1. The molecule has 0 bridgehead atoms. The van der Waals surface area contributed by atoms with Gasteiger partial charge in [0.05, 0.1) is 12.5 Å². The molecule has 0 amide bonds. The Hall–Kier alpha value is -1.42. The molecule has 0 aromatic carbocycles. The standard InChI is InChI=1S/C13H18N2O2/c1-2-17-13(16)12-9-15-7-5-11(12)10-4-3-6-14-8-10/h3-4,6,8,11-12,15H,2,5,7,9H2,1H3/t11-,12-/m0/s1. The van der Waals surface area contributed by atoms with E-state index in [0.29, 0.717) is 13.2 Å². The number of esters is 1. The summed E-state index contributed by atoms with van der Waals surface area (Å²) in [5, 5.41) is 3.25. The number of hydrogen-bond acceptors (Lipinski definition) is 4. The lowest BCUT2D eigenvalue weighted by Gasteiger charge is -2.30. The molecule has 1 aromatic rings. The maximum atomic E-state index is 11.9. The lowest BCUT2D eigenvalue weighted by atomic mass is 9.82. The molecule has 0 saturated carbocycles. The zero-order chi connectivity index (χ0) is 12.1. The average molecular weight is 234 g/mol. The number of carbonyl (C=O) groups excluding carboxylic acids is 1. The first kappa shape index (κ1) is 12.0. The van der Waals surface area contributed by atoms with Crippen molar-refractivity contribution in [2.75, 3.05) is 19.7 Å². The summed E-state index contributed by atoms with van der Waals surface area (Å²) >= 11 is 0. The van der Waals surface area contributed by atoms with Gasteiger partial charge >= 0.3 is 5.97 Å². The number of pyridine rings is 1. The van der Waals surface area contributed by atoms with Crippen molar-refractivity contribution in [2.45, 2.75) is 19.3 Å². The molecule has 0 unspecified atom stereocenters. The predicted molar refractivity (Wildman–Crippen MR) is 64.6 cm³/mol. The van der Waals surface area contributed by atoms with Crippen LogP contribution >= 0.6 is 0 Å². The molecule has 1 fully saturated rings. The zero-order valence-corrected chi connectivity index (χ0v) is 10.1. The highest BCUT2D eigenvalue weighted by Crippen LogP contribution is 2.30. The van der Waals surface area contributed by atoms with Crippen LogP contribution in [0.1, 0.15) is 24.8 Å². The van der Waals surface area contributed by atoms with E-state index in [-0.39, 0.29) is 17.8 Å². The van der Waals surface area contributed by atoms with Crippen molar-refractivity contribution in [2.24, 2.45) is 5.92 Å². The Bertz CT molecular complexity index is 367. The fourth-order valence-corrected chi connectivity index (χ4v) is 2.35. The topological polar surface area (TPSA) is 51.2 Å². The van der Waals surface area contributed by atoms with Gasteiger partial charge in [0.1, 0.15) is 0 Å². The molecule has 1 aromatic heterocycles. The molecule has 2 atom stereocenters. The Labute approximate surface area is 101 Å². The van der Waals surface area contributed by atoms with Crippen molar-refractivity contribution in [1.82, 2.24) is 10.3 Å². The zero-order valence-electron chi connectivity index (χ0n) is 10.1. The summed E-state index contributed by atoms with van der Waals surface area (Å²) in [7, 11) is 0. The molecule has 1 aliphatic heterocycles. The van der Waals surface area contributed by atoms with E-state index in [1.54, 1.807) is 6.20 Å². The summed E-state index contributed by atoms with van der Waals surface area (Å²) in [5.74, 6) is 0.0328. The smallest absolute Gasteiger partial charge is 0.310 e. The van der Waals surface area contributed by atoms with Crippen LogP contribution in [-0.4, -0.2) is 30.6 Å². The lowest BCUT2D eigenvalue weighted by Crippen LogP contribution is -2.40. The van der Waals surface area contributed by atoms with Gasteiger partial charge in [-0.15, -0.1) is 0 Å². The van der Waals surface area contributed by atoms with E-state index in [0.717, 1.165) is 18.5 Å². The average Bonchev–Trinajstić information content (AvgIpc) is 2.40. The van der Waals surface area contributed by atoms with E-state index in [2.05, 4.69) is 10.3 Å². The highest BCUT2D eigenvalue weighted by molar-refractivity contribution is 5.74. The van der Waals surface area contributed by atoms with Crippen molar-refractivity contribution in [1.29, 1.82) is 0 Å². The number of piperidine rings is 1. The van der Waals surface area contributed by atoms with Crippen LogP contribution in [0.2, 0.25) is 0 Å². The molecular weight excluding hydrogens is 216 g/mol. The molecule has 0 spiro atoms. The van der Waals surface area contributed by atoms with Crippen LogP contribution < -0.4 is 5.32 Å². The Morgan fingerprint density at radius 1 is 1.65 bits per heavy atom. The van der Waals surface area contributed by atoms with Crippen LogP contribution in [0.15, 0.2) is 24.5 Å². The molecule has 1 N–H and O–H groups in total. The number of rotatable bonds is 3. The molecule has 2 heterocycles. The van der Waals surface area contributed by atoms with Gasteiger partial charge in [0.2, 0.25) is 0 Å². The largest absolute Gasteiger partial charge is 0.466 e. The fourth-order valence-electron chi connectivity index (χ4n) is 2.35. The minimum absolute atomic E-state index is 0.0899. The molecule has 92 valence electrons. The SMILES string of the molecule is CCOC(=O)[C@H]1CNCC[C@H]1c1cccnc1. The number of nitrogens with zero attached hydrogens (tertiary/aromatic N) is 1. The third kappa shape index (κ3) is 2.82. The maximum absolute atomic E-state index is 11.9. The third-order valence-corrected chi connectivity index (χ3v) is 3.18. The van der Waals surface area contributed by atoms with Gasteiger partial charge in [-0.1, -0.05) is 6.07 Å². The number of hydrogen-bond donors (Lipinski definition) is 1. The third-order valence-electron chi connectivity index (χ3n) is 3.18. The maximum Gasteiger partial charge on any atom is 0.310 e. The van der Waals surface area contributed by atoms with Gasteiger partial charge in [-0.2, -0.15) is 0 Å². The lowest BCUT2D eigenvalue weighted by molar-refractivity contribution is -0.149.